The van der Waals surface area contributed by atoms with E-state index in [1.54, 1.807) is 30.3 Å². The van der Waals surface area contributed by atoms with Gasteiger partial charge in [0.25, 0.3) is 5.91 Å². The Morgan fingerprint density at radius 3 is 2.72 bits per heavy atom. The molecule has 2 rings (SSSR count). The number of nitrogens with two attached hydrogens (primary N) is 1. The highest BCUT2D eigenvalue weighted by atomic mass is 35.5. The van der Waals surface area contributed by atoms with Crippen LogP contribution < -0.4 is 11.1 Å². The number of nitrogen functional groups attached to an aromatic ring is 1. The smallest absolute Gasteiger partial charge is 0.259 e. The van der Waals surface area contributed by atoms with Crippen molar-refractivity contribution < 1.29 is 4.79 Å². The zero-order chi connectivity index (χ0) is 13.1. The molecule has 0 unspecified atom stereocenters. The van der Waals surface area contributed by atoms with Crippen molar-refractivity contribution in [2.24, 2.45) is 0 Å². The Kier molecular flexibility index (Phi) is 3.69. The Balaban J connectivity index is 2.27. The highest BCUT2D eigenvalue weighted by Gasteiger charge is 2.12. The van der Waals surface area contributed by atoms with Gasteiger partial charge in [0.15, 0.2) is 0 Å². The molecule has 3 N–H and O–H groups in total. The van der Waals surface area contributed by atoms with Gasteiger partial charge in [0.05, 0.1) is 21.3 Å². The molecule has 0 aliphatic carbocycles. The van der Waals surface area contributed by atoms with Crippen molar-refractivity contribution in [1.29, 1.82) is 0 Å². The Bertz CT molecular complexity index is 602. The second-order valence-electron chi connectivity index (χ2n) is 3.49. The molecule has 0 atom stereocenters. The summed E-state index contributed by atoms with van der Waals surface area (Å²) in [6.45, 7) is 0. The average molecular weight is 282 g/mol. The van der Waals surface area contributed by atoms with E-state index >= 15 is 0 Å². The maximum absolute atomic E-state index is 12.0. The second-order valence-corrected chi connectivity index (χ2v) is 4.28. The number of benzene rings is 1. The zero-order valence-electron chi connectivity index (χ0n) is 9.15. The van der Waals surface area contributed by atoms with E-state index in [0.29, 0.717) is 10.7 Å². The van der Waals surface area contributed by atoms with Gasteiger partial charge in [-0.15, -0.1) is 0 Å². The van der Waals surface area contributed by atoms with Crippen LogP contribution in [0.25, 0.3) is 0 Å². The first-order valence-electron chi connectivity index (χ1n) is 5.05. The maximum atomic E-state index is 12.0. The largest absolute Gasteiger partial charge is 0.383 e. The summed E-state index contributed by atoms with van der Waals surface area (Å²) < 4.78 is 0. The number of carbonyl (C=O) groups is 1. The second kappa shape index (κ2) is 5.25. The molecule has 0 spiro atoms. The summed E-state index contributed by atoms with van der Waals surface area (Å²) in [5.41, 5.74) is 6.33. The molecule has 1 aromatic carbocycles. The van der Waals surface area contributed by atoms with Crippen LogP contribution >= 0.6 is 23.2 Å². The number of rotatable bonds is 2. The third-order valence-electron chi connectivity index (χ3n) is 2.28. The number of amides is 1. The van der Waals surface area contributed by atoms with Crippen LogP contribution in [0.5, 0.6) is 0 Å². The van der Waals surface area contributed by atoms with E-state index in [-0.39, 0.29) is 22.3 Å². The third-order valence-corrected chi connectivity index (χ3v) is 3.10. The summed E-state index contributed by atoms with van der Waals surface area (Å²) in [7, 11) is 0. The van der Waals surface area contributed by atoms with Gasteiger partial charge in [-0.1, -0.05) is 29.3 Å². The van der Waals surface area contributed by atoms with Gasteiger partial charge in [-0.25, -0.2) is 4.98 Å². The molecule has 1 aromatic heterocycles. The van der Waals surface area contributed by atoms with Crippen LogP contribution in [0.3, 0.4) is 0 Å². The topological polar surface area (TPSA) is 68.0 Å². The van der Waals surface area contributed by atoms with Crippen molar-refractivity contribution in [2.75, 3.05) is 11.1 Å². The van der Waals surface area contributed by atoms with E-state index in [0.717, 1.165) is 0 Å². The molecule has 2 aromatic rings. The standard InChI is InChI=1S/C12H9Cl2N3O/c13-8-4-1-5-9(10(8)14)17-12(18)7-3-2-6-16-11(7)15/h1-6H,(H2,15,16)(H,17,18). The molecule has 92 valence electrons. The number of hydrogen-bond acceptors (Lipinski definition) is 3. The fourth-order valence-electron chi connectivity index (χ4n) is 1.40. The first-order valence-corrected chi connectivity index (χ1v) is 5.81. The lowest BCUT2D eigenvalue weighted by atomic mass is 10.2. The molecule has 0 aliphatic heterocycles. The number of halogens is 2. The maximum Gasteiger partial charge on any atom is 0.259 e. The Morgan fingerprint density at radius 2 is 2.00 bits per heavy atom. The van der Waals surface area contributed by atoms with E-state index in [9.17, 15) is 4.79 Å². The Hall–Kier alpha value is -1.78. The number of pyridine rings is 1. The van der Waals surface area contributed by atoms with E-state index in [1.165, 1.54) is 6.20 Å². The molecule has 1 heterocycles. The molecule has 0 bridgehead atoms. The zero-order valence-corrected chi connectivity index (χ0v) is 10.7. The van der Waals surface area contributed by atoms with Crippen molar-refractivity contribution in [3.8, 4) is 0 Å². The van der Waals surface area contributed by atoms with Gasteiger partial charge in [-0.05, 0) is 24.3 Å². The normalized spacial score (nSPS) is 10.1. The van der Waals surface area contributed by atoms with Crippen LogP contribution in [0.15, 0.2) is 36.5 Å². The Morgan fingerprint density at radius 1 is 1.22 bits per heavy atom. The minimum Gasteiger partial charge on any atom is -0.383 e. The summed E-state index contributed by atoms with van der Waals surface area (Å²) >= 11 is 11.8. The molecular weight excluding hydrogens is 273 g/mol. The average Bonchev–Trinajstić information content (AvgIpc) is 2.35. The van der Waals surface area contributed by atoms with E-state index in [4.69, 9.17) is 28.9 Å². The van der Waals surface area contributed by atoms with Crippen molar-refractivity contribution >= 4 is 40.6 Å². The summed E-state index contributed by atoms with van der Waals surface area (Å²) in [5, 5.41) is 3.29. The summed E-state index contributed by atoms with van der Waals surface area (Å²) in [5.74, 6) is -0.224. The number of nitrogens with zero attached hydrogens (tertiary/aromatic N) is 1. The highest BCUT2D eigenvalue weighted by molar-refractivity contribution is 6.44. The molecule has 1 amide bonds. The van der Waals surface area contributed by atoms with Gasteiger partial charge in [0, 0.05) is 6.20 Å². The molecule has 0 saturated heterocycles. The fraction of sp³-hybridized carbons (Fsp3) is 0. The van der Waals surface area contributed by atoms with Crippen LogP contribution in [0.4, 0.5) is 11.5 Å². The minimum absolute atomic E-state index is 0.160. The first-order chi connectivity index (χ1) is 8.59. The molecule has 0 radical (unpaired) electrons. The number of anilines is 2. The number of aromatic nitrogens is 1. The minimum atomic E-state index is -0.384. The lowest BCUT2D eigenvalue weighted by Crippen LogP contribution is -2.14. The summed E-state index contributed by atoms with van der Waals surface area (Å²) in [6.07, 6.45) is 1.51. The van der Waals surface area contributed by atoms with Gasteiger partial charge in [0.2, 0.25) is 0 Å². The van der Waals surface area contributed by atoms with Gasteiger partial charge >= 0.3 is 0 Å². The lowest BCUT2D eigenvalue weighted by Gasteiger charge is -2.09. The molecule has 4 nitrogen and oxygen atoms in total. The van der Waals surface area contributed by atoms with Gasteiger partial charge in [0.1, 0.15) is 5.82 Å². The molecule has 0 saturated carbocycles. The lowest BCUT2D eigenvalue weighted by molar-refractivity contribution is 0.102. The van der Waals surface area contributed by atoms with Crippen LogP contribution in [-0.2, 0) is 0 Å². The summed E-state index contributed by atoms with van der Waals surface area (Å²) in [4.78, 5) is 15.8. The van der Waals surface area contributed by atoms with Crippen molar-refractivity contribution in [3.63, 3.8) is 0 Å². The van der Waals surface area contributed by atoms with Crippen LogP contribution in [0.1, 0.15) is 10.4 Å². The molecular formula is C12H9Cl2N3O. The highest BCUT2D eigenvalue weighted by Crippen LogP contribution is 2.29. The van der Waals surface area contributed by atoms with Crippen molar-refractivity contribution in [1.82, 2.24) is 4.98 Å². The number of hydrogen-bond donors (Lipinski definition) is 2. The molecule has 0 fully saturated rings. The SMILES string of the molecule is Nc1ncccc1C(=O)Nc1cccc(Cl)c1Cl. The van der Waals surface area contributed by atoms with E-state index in [2.05, 4.69) is 10.3 Å². The first kappa shape index (κ1) is 12.7. The quantitative estimate of drug-likeness (QED) is 0.888. The number of carbonyl (C=O) groups excluding carboxylic acids is 1. The predicted molar refractivity (Wildman–Crippen MR) is 73.1 cm³/mol. The molecule has 0 aliphatic rings. The van der Waals surface area contributed by atoms with E-state index < -0.39 is 0 Å². The van der Waals surface area contributed by atoms with Crippen LogP contribution in [-0.4, -0.2) is 10.9 Å². The van der Waals surface area contributed by atoms with Crippen molar-refractivity contribution in [3.05, 3.63) is 52.1 Å². The fourth-order valence-corrected chi connectivity index (χ4v) is 1.75. The monoisotopic (exact) mass is 281 g/mol. The van der Waals surface area contributed by atoms with Crippen molar-refractivity contribution in [2.45, 2.75) is 0 Å². The Labute approximate surface area is 114 Å². The van der Waals surface area contributed by atoms with Crippen LogP contribution in [0.2, 0.25) is 10.0 Å². The number of nitrogens with one attached hydrogen (secondary N) is 1. The van der Waals surface area contributed by atoms with Gasteiger partial charge in [-0.2, -0.15) is 0 Å². The summed E-state index contributed by atoms with van der Waals surface area (Å²) in [6, 6.07) is 8.19. The molecule has 18 heavy (non-hydrogen) atoms. The van der Waals surface area contributed by atoms with E-state index in [1.807, 2.05) is 0 Å². The van der Waals surface area contributed by atoms with Crippen LogP contribution in [0, 0.1) is 0 Å². The van der Waals surface area contributed by atoms with Gasteiger partial charge in [-0.3, -0.25) is 4.79 Å². The predicted octanol–water partition coefficient (Wildman–Crippen LogP) is 3.22. The molecule has 6 heteroatoms. The third kappa shape index (κ3) is 2.55. The van der Waals surface area contributed by atoms with Gasteiger partial charge < -0.3 is 11.1 Å².